The number of nitrogens with zero attached hydrogens (tertiary/aromatic N) is 2. The van der Waals surface area contributed by atoms with Gasteiger partial charge in [-0.25, -0.2) is 0 Å². The molecule has 2 aromatic carbocycles. The lowest BCUT2D eigenvalue weighted by atomic mass is 10.0. The van der Waals surface area contributed by atoms with Gasteiger partial charge in [-0.15, -0.1) is 0 Å². The molecule has 0 saturated carbocycles. The van der Waals surface area contributed by atoms with Gasteiger partial charge in [-0.2, -0.15) is 5.10 Å². The highest BCUT2D eigenvalue weighted by atomic mass is 16.5. The molecule has 1 amide bonds. The third kappa shape index (κ3) is 3.72. The Morgan fingerprint density at radius 3 is 2.84 bits per heavy atom. The van der Waals surface area contributed by atoms with Gasteiger partial charge in [0.25, 0.3) is 0 Å². The second-order valence-corrected chi connectivity index (χ2v) is 5.94. The van der Waals surface area contributed by atoms with Crippen LogP contribution >= 0.6 is 0 Å². The predicted molar refractivity (Wildman–Crippen MR) is 99.4 cm³/mol. The number of amides is 1. The standard InChI is InChI=1S/C20H23N3O2/c1-3-19(20(24)21-11-12-25-2)23-14-16(13-22-23)18-10-6-8-15-7-4-5-9-17(15)18/h4-10,13-14,19H,3,11-12H2,1-2H3,(H,21,24). The van der Waals surface area contributed by atoms with Gasteiger partial charge < -0.3 is 10.1 Å². The van der Waals surface area contributed by atoms with E-state index in [2.05, 4.69) is 34.7 Å². The monoisotopic (exact) mass is 337 g/mol. The molecule has 0 saturated heterocycles. The van der Waals surface area contributed by atoms with Crippen molar-refractivity contribution in [3.63, 3.8) is 0 Å². The van der Waals surface area contributed by atoms with E-state index in [4.69, 9.17) is 4.74 Å². The molecule has 0 fully saturated rings. The van der Waals surface area contributed by atoms with Crippen LogP contribution in [0.25, 0.3) is 21.9 Å². The number of nitrogens with one attached hydrogen (secondary N) is 1. The molecule has 130 valence electrons. The first kappa shape index (κ1) is 17.2. The number of ether oxygens (including phenoxy) is 1. The number of aromatic nitrogens is 2. The molecule has 0 radical (unpaired) electrons. The van der Waals surface area contributed by atoms with E-state index >= 15 is 0 Å². The zero-order chi connectivity index (χ0) is 17.6. The molecule has 1 aromatic heterocycles. The molecule has 0 bridgehead atoms. The van der Waals surface area contributed by atoms with Gasteiger partial charge >= 0.3 is 0 Å². The summed E-state index contributed by atoms with van der Waals surface area (Å²) in [5.74, 6) is -0.0351. The van der Waals surface area contributed by atoms with Crippen LogP contribution in [0.2, 0.25) is 0 Å². The molecule has 3 rings (SSSR count). The maximum absolute atomic E-state index is 12.4. The minimum absolute atomic E-state index is 0.0351. The van der Waals surface area contributed by atoms with Crippen molar-refractivity contribution < 1.29 is 9.53 Å². The molecule has 3 aromatic rings. The van der Waals surface area contributed by atoms with Crippen LogP contribution in [-0.2, 0) is 9.53 Å². The second kappa shape index (κ2) is 7.94. The molecule has 1 N–H and O–H groups in total. The Labute approximate surface area is 147 Å². The molecule has 0 spiro atoms. The number of fused-ring (bicyclic) bond motifs is 1. The van der Waals surface area contributed by atoms with E-state index in [0.717, 1.165) is 11.1 Å². The maximum atomic E-state index is 12.4. The summed E-state index contributed by atoms with van der Waals surface area (Å²) >= 11 is 0. The number of methoxy groups -OCH3 is 1. The van der Waals surface area contributed by atoms with E-state index in [1.807, 2.05) is 37.5 Å². The Bertz CT molecular complexity index is 852. The molecule has 5 heteroatoms. The summed E-state index contributed by atoms with van der Waals surface area (Å²) in [5.41, 5.74) is 2.14. The number of hydrogen-bond donors (Lipinski definition) is 1. The van der Waals surface area contributed by atoms with Crippen LogP contribution in [0.4, 0.5) is 0 Å². The Morgan fingerprint density at radius 1 is 1.24 bits per heavy atom. The van der Waals surface area contributed by atoms with Crippen molar-refractivity contribution in [1.82, 2.24) is 15.1 Å². The molecule has 1 unspecified atom stereocenters. The van der Waals surface area contributed by atoms with Crippen molar-refractivity contribution in [2.45, 2.75) is 19.4 Å². The van der Waals surface area contributed by atoms with E-state index in [1.165, 1.54) is 10.8 Å². The fourth-order valence-corrected chi connectivity index (χ4v) is 3.01. The van der Waals surface area contributed by atoms with Crippen molar-refractivity contribution in [3.05, 3.63) is 54.9 Å². The summed E-state index contributed by atoms with van der Waals surface area (Å²) in [5, 5.41) is 9.71. The summed E-state index contributed by atoms with van der Waals surface area (Å²) in [4.78, 5) is 12.4. The molecule has 0 aliphatic carbocycles. The SMILES string of the molecule is CCC(C(=O)NCCOC)n1cc(-c2cccc3ccccc23)cn1. The quantitative estimate of drug-likeness (QED) is 0.672. The van der Waals surface area contributed by atoms with Gasteiger partial charge in [0.1, 0.15) is 6.04 Å². The molecule has 0 aliphatic heterocycles. The minimum Gasteiger partial charge on any atom is -0.383 e. The Balaban J connectivity index is 1.87. The van der Waals surface area contributed by atoms with E-state index in [1.54, 1.807) is 11.8 Å². The lowest BCUT2D eigenvalue weighted by Crippen LogP contribution is -2.34. The third-order valence-corrected chi connectivity index (χ3v) is 4.32. The van der Waals surface area contributed by atoms with E-state index in [0.29, 0.717) is 19.6 Å². The molecule has 25 heavy (non-hydrogen) atoms. The zero-order valence-electron chi connectivity index (χ0n) is 14.6. The van der Waals surface area contributed by atoms with E-state index in [9.17, 15) is 4.79 Å². The van der Waals surface area contributed by atoms with Crippen molar-refractivity contribution in [2.75, 3.05) is 20.3 Å². The Kier molecular flexibility index (Phi) is 5.46. The summed E-state index contributed by atoms with van der Waals surface area (Å²) in [6.45, 7) is 2.99. The Hall–Kier alpha value is -2.66. The number of hydrogen-bond acceptors (Lipinski definition) is 3. The zero-order valence-corrected chi connectivity index (χ0v) is 14.6. The first-order valence-corrected chi connectivity index (χ1v) is 8.53. The molecule has 5 nitrogen and oxygen atoms in total. The number of benzene rings is 2. The van der Waals surface area contributed by atoms with Gasteiger partial charge in [-0.1, -0.05) is 49.4 Å². The van der Waals surface area contributed by atoms with Gasteiger partial charge in [-0.05, 0) is 22.8 Å². The fraction of sp³-hybridized carbons (Fsp3) is 0.300. The Morgan fingerprint density at radius 2 is 2.04 bits per heavy atom. The van der Waals surface area contributed by atoms with Crippen molar-refractivity contribution >= 4 is 16.7 Å². The maximum Gasteiger partial charge on any atom is 0.244 e. The molecule has 0 aliphatic rings. The molecular weight excluding hydrogens is 314 g/mol. The highest BCUT2D eigenvalue weighted by Gasteiger charge is 2.19. The van der Waals surface area contributed by atoms with Crippen LogP contribution in [0, 0.1) is 0 Å². The summed E-state index contributed by atoms with van der Waals surface area (Å²) < 4.78 is 6.73. The van der Waals surface area contributed by atoms with Crippen molar-refractivity contribution in [1.29, 1.82) is 0 Å². The van der Waals surface area contributed by atoms with Gasteiger partial charge in [0.15, 0.2) is 0 Å². The minimum atomic E-state index is -0.319. The van der Waals surface area contributed by atoms with Crippen LogP contribution < -0.4 is 5.32 Å². The second-order valence-electron chi connectivity index (χ2n) is 5.94. The van der Waals surface area contributed by atoms with Crippen LogP contribution in [0.3, 0.4) is 0 Å². The molecule has 1 heterocycles. The van der Waals surface area contributed by atoms with Crippen LogP contribution in [0.15, 0.2) is 54.9 Å². The number of carbonyl (C=O) groups is 1. The predicted octanol–water partition coefficient (Wildman–Crippen LogP) is 3.42. The van der Waals surface area contributed by atoms with Crippen LogP contribution in [0.5, 0.6) is 0 Å². The van der Waals surface area contributed by atoms with E-state index < -0.39 is 0 Å². The average molecular weight is 337 g/mol. The lowest BCUT2D eigenvalue weighted by molar-refractivity contribution is -0.124. The summed E-state index contributed by atoms with van der Waals surface area (Å²) in [7, 11) is 1.62. The smallest absolute Gasteiger partial charge is 0.244 e. The van der Waals surface area contributed by atoms with Gasteiger partial charge in [-0.3, -0.25) is 9.48 Å². The van der Waals surface area contributed by atoms with Gasteiger partial charge in [0.2, 0.25) is 5.91 Å². The highest BCUT2D eigenvalue weighted by molar-refractivity contribution is 5.96. The number of rotatable bonds is 7. The highest BCUT2D eigenvalue weighted by Crippen LogP contribution is 2.29. The van der Waals surface area contributed by atoms with Crippen molar-refractivity contribution in [2.24, 2.45) is 0 Å². The largest absolute Gasteiger partial charge is 0.383 e. The van der Waals surface area contributed by atoms with E-state index in [-0.39, 0.29) is 11.9 Å². The van der Waals surface area contributed by atoms with Crippen LogP contribution in [0.1, 0.15) is 19.4 Å². The van der Waals surface area contributed by atoms with Gasteiger partial charge in [0, 0.05) is 25.4 Å². The first-order valence-electron chi connectivity index (χ1n) is 8.53. The first-order chi connectivity index (χ1) is 12.2. The molecular formula is C20H23N3O2. The lowest BCUT2D eigenvalue weighted by Gasteiger charge is -2.15. The normalized spacial score (nSPS) is 12.2. The molecule has 1 atom stereocenters. The van der Waals surface area contributed by atoms with Gasteiger partial charge in [0.05, 0.1) is 12.8 Å². The fourth-order valence-electron chi connectivity index (χ4n) is 3.01. The third-order valence-electron chi connectivity index (χ3n) is 4.32. The average Bonchev–Trinajstić information content (AvgIpc) is 3.11. The number of carbonyl (C=O) groups excluding carboxylic acids is 1. The van der Waals surface area contributed by atoms with Crippen LogP contribution in [-0.4, -0.2) is 35.9 Å². The van der Waals surface area contributed by atoms with Crippen molar-refractivity contribution in [3.8, 4) is 11.1 Å². The topological polar surface area (TPSA) is 56.1 Å². The summed E-state index contributed by atoms with van der Waals surface area (Å²) in [6.07, 6.45) is 4.45. The summed E-state index contributed by atoms with van der Waals surface area (Å²) in [6, 6.07) is 14.2.